The van der Waals surface area contributed by atoms with Gasteiger partial charge in [-0.2, -0.15) is 0 Å². The van der Waals surface area contributed by atoms with Crippen LogP contribution < -0.4 is 5.73 Å². The molecule has 2 N–H and O–H groups in total. The first-order chi connectivity index (χ1) is 14.0. The molecule has 0 unspecified atom stereocenters. The van der Waals surface area contributed by atoms with E-state index < -0.39 is 0 Å². The van der Waals surface area contributed by atoms with Crippen molar-refractivity contribution in [1.82, 2.24) is 0 Å². The van der Waals surface area contributed by atoms with Crippen LogP contribution in [0, 0.1) is 0 Å². The maximum Gasteiger partial charge on any atom is 0.125 e. The van der Waals surface area contributed by atoms with Gasteiger partial charge in [0, 0.05) is 18.0 Å². The SMILES string of the molecule is C/N=C(\N)c1cccc(-c2ccc3c(c2)C(C)(C)c2cc4ccccc4cc2-3)c1. The van der Waals surface area contributed by atoms with Crippen molar-refractivity contribution in [1.29, 1.82) is 0 Å². The zero-order valence-electron chi connectivity index (χ0n) is 17.0. The van der Waals surface area contributed by atoms with Crippen molar-refractivity contribution < 1.29 is 0 Å². The molecule has 29 heavy (non-hydrogen) atoms. The fourth-order valence-electron chi connectivity index (χ4n) is 4.59. The van der Waals surface area contributed by atoms with E-state index in [1.807, 2.05) is 12.1 Å². The molecule has 0 saturated carbocycles. The van der Waals surface area contributed by atoms with Gasteiger partial charge in [0.2, 0.25) is 0 Å². The minimum Gasteiger partial charge on any atom is -0.384 e. The van der Waals surface area contributed by atoms with Crippen molar-refractivity contribution in [3.63, 3.8) is 0 Å². The Morgan fingerprint density at radius 1 is 0.724 bits per heavy atom. The molecule has 0 bridgehead atoms. The quantitative estimate of drug-likeness (QED) is 0.331. The summed E-state index contributed by atoms with van der Waals surface area (Å²) in [6, 6.07) is 28.5. The summed E-state index contributed by atoms with van der Waals surface area (Å²) >= 11 is 0. The van der Waals surface area contributed by atoms with Crippen LogP contribution in [0.1, 0.15) is 30.5 Å². The molecular formula is C27H24N2. The van der Waals surface area contributed by atoms with Crippen LogP contribution in [0.25, 0.3) is 33.0 Å². The Kier molecular flexibility index (Phi) is 3.85. The van der Waals surface area contributed by atoms with Crippen molar-refractivity contribution in [2.45, 2.75) is 19.3 Å². The summed E-state index contributed by atoms with van der Waals surface area (Å²) in [5.74, 6) is 0.562. The number of nitrogens with two attached hydrogens (primary N) is 1. The first-order valence-corrected chi connectivity index (χ1v) is 10.0. The number of hydrogen-bond donors (Lipinski definition) is 1. The van der Waals surface area contributed by atoms with Crippen LogP contribution in [0.4, 0.5) is 0 Å². The fourth-order valence-corrected chi connectivity index (χ4v) is 4.59. The van der Waals surface area contributed by atoms with Gasteiger partial charge in [-0.25, -0.2) is 0 Å². The highest BCUT2D eigenvalue weighted by Crippen LogP contribution is 2.50. The van der Waals surface area contributed by atoms with Gasteiger partial charge >= 0.3 is 0 Å². The summed E-state index contributed by atoms with van der Waals surface area (Å²) in [5.41, 5.74) is 14.8. The summed E-state index contributed by atoms with van der Waals surface area (Å²) in [6.45, 7) is 4.66. The average molecular weight is 377 g/mol. The Morgan fingerprint density at radius 2 is 1.41 bits per heavy atom. The van der Waals surface area contributed by atoms with Crippen molar-refractivity contribution >= 4 is 16.6 Å². The van der Waals surface area contributed by atoms with E-state index in [-0.39, 0.29) is 5.41 Å². The molecule has 0 saturated heterocycles. The molecule has 1 aliphatic carbocycles. The molecule has 4 aromatic carbocycles. The average Bonchev–Trinajstić information content (AvgIpc) is 2.98. The molecule has 4 aromatic rings. The molecule has 5 rings (SSSR count). The van der Waals surface area contributed by atoms with Crippen LogP contribution in [-0.4, -0.2) is 12.9 Å². The number of nitrogens with zero attached hydrogens (tertiary/aromatic N) is 1. The Balaban J connectivity index is 1.68. The van der Waals surface area contributed by atoms with E-state index in [9.17, 15) is 0 Å². The topological polar surface area (TPSA) is 38.4 Å². The Morgan fingerprint density at radius 3 is 2.17 bits per heavy atom. The molecule has 0 heterocycles. The summed E-state index contributed by atoms with van der Waals surface area (Å²) in [7, 11) is 1.72. The van der Waals surface area contributed by atoms with Crippen LogP contribution in [0.2, 0.25) is 0 Å². The van der Waals surface area contributed by atoms with Gasteiger partial charge < -0.3 is 5.73 Å². The third-order valence-electron chi connectivity index (χ3n) is 6.27. The third kappa shape index (κ3) is 2.67. The fraction of sp³-hybridized carbons (Fsp3) is 0.148. The van der Waals surface area contributed by atoms with E-state index in [0.29, 0.717) is 5.84 Å². The van der Waals surface area contributed by atoms with Gasteiger partial charge in [0.15, 0.2) is 0 Å². The van der Waals surface area contributed by atoms with E-state index in [4.69, 9.17) is 5.73 Å². The lowest BCUT2D eigenvalue weighted by atomic mass is 9.81. The minimum absolute atomic E-state index is 0.0355. The van der Waals surface area contributed by atoms with Crippen LogP contribution in [0.15, 0.2) is 83.9 Å². The number of rotatable bonds is 2. The maximum atomic E-state index is 6.03. The lowest BCUT2D eigenvalue weighted by Gasteiger charge is -2.22. The summed E-state index contributed by atoms with van der Waals surface area (Å²) in [5, 5.41) is 2.59. The van der Waals surface area contributed by atoms with Gasteiger partial charge in [-0.3, -0.25) is 4.99 Å². The van der Waals surface area contributed by atoms with Crippen LogP contribution in [0.3, 0.4) is 0 Å². The highest BCUT2D eigenvalue weighted by atomic mass is 14.8. The van der Waals surface area contributed by atoms with Crippen molar-refractivity contribution in [2.24, 2.45) is 10.7 Å². The third-order valence-corrected chi connectivity index (χ3v) is 6.27. The zero-order valence-corrected chi connectivity index (χ0v) is 17.0. The van der Waals surface area contributed by atoms with E-state index in [2.05, 4.69) is 85.6 Å². The predicted molar refractivity (Wildman–Crippen MR) is 124 cm³/mol. The second kappa shape index (κ2) is 6.31. The van der Waals surface area contributed by atoms with Gasteiger partial charge in [0.25, 0.3) is 0 Å². The maximum absolute atomic E-state index is 6.03. The number of aliphatic imine (C=N–C) groups is 1. The molecule has 142 valence electrons. The molecule has 0 fully saturated rings. The minimum atomic E-state index is -0.0355. The zero-order chi connectivity index (χ0) is 20.2. The van der Waals surface area contributed by atoms with E-state index in [0.717, 1.165) is 11.1 Å². The van der Waals surface area contributed by atoms with Gasteiger partial charge in [0.1, 0.15) is 5.84 Å². The molecule has 2 nitrogen and oxygen atoms in total. The van der Waals surface area contributed by atoms with Gasteiger partial charge in [-0.15, -0.1) is 0 Å². The van der Waals surface area contributed by atoms with Gasteiger partial charge in [-0.1, -0.05) is 68.4 Å². The highest BCUT2D eigenvalue weighted by molar-refractivity contribution is 5.98. The largest absolute Gasteiger partial charge is 0.384 e. The first kappa shape index (κ1) is 17.7. The van der Waals surface area contributed by atoms with Crippen molar-refractivity contribution in [3.8, 4) is 22.3 Å². The molecule has 0 spiro atoms. The molecule has 0 amide bonds. The summed E-state index contributed by atoms with van der Waals surface area (Å²) < 4.78 is 0. The van der Waals surface area contributed by atoms with E-state index in [1.54, 1.807) is 7.05 Å². The van der Waals surface area contributed by atoms with Crippen molar-refractivity contribution in [2.75, 3.05) is 7.05 Å². The molecular weight excluding hydrogens is 352 g/mol. The molecule has 0 aliphatic heterocycles. The highest BCUT2D eigenvalue weighted by Gasteiger charge is 2.35. The smallest absolute Gasteiger partial charge is 0.125 e. The van der Waals surface area contributed by atoms with Crippen LogP contribution in [0.5, 0.6) is 0 Å². The van der Waals surface area contributed by atoms with Gasteiger partial charge in [-0.05, 0) is 68.4 Å². The summed E-state index contributed by atoms with van der Waals surface area (Å²) in [4.78, 5) is 4.12. The molecule has 2 heteroatoms. The lowest BCUT2D eigenvalue weighted by Crippen LogP contribution is -2.15. The second-order valence-electron chi connectivity index (χ2n) is 8.32. The van der Waals surface area contributed by atoms with Crippen LogP contribution in [-0.2, 0) is 5.41 Å². The van der Waals surface area contributed by atoms with Gasteiger partial charge in [0.05, 0.1) is 0 Å². The molecule has 0 aromatic heterocycles. The Labute approximate surface area is 171 Å². The standard InChI is InChI=1S/C27H24N2/c1-27(2)24-16-20(17-9-6-10-21(13-17)26(28)29-3)11-12-22(24)23-14-18-7-4-5-8-19(18)15-25(23)27/h4-16H,1-3H3,(H2,28,29). The predicted octanol–water partition coefficient (Wildman–Crippen LogP) is 6.15. The number of hydrogen-bond acceptors (Lipinski definition) is 1. The summed E-state index contributed by atoms with van der Waals surface area (Å²) in [6.07, 6.45) is 0. The van der Waals surface area contributed by atoms with E-state index >= 15 is 0 Å². The lowest BCUT2D eigenvalue weighted by molar-refractivity contribution is 0.661. The number of amidine groups is 1. The number of fused-ring (bicyclic) bond motifs is 4. The molecule has 1 aliphatic rings. The Bertz CT molecular complexity index is 1300. The Hall–Kier alpha value is -3.39. The monoisotopic (exact) mass is 376 g/mol. The number of benzene rings is 4. The second-order valence-corrected chi connectivity index (χ2v) is 8.32. The van der Waals surface area contributed by atoms with Crippen molar-refractivity contribution in [3.05, 3.63) is 95.6 Å². The molecule has 0 atom stereocenters. The normalized spacial score (nSPS) is 14.7. The van der Waals surface area contributed by atoms with E-state index in [1.165, 1.54) is 38.6 Å². The molecule has 0 radical (unpaired) electrons. The first-order valence-electron chi connectivity index (χ1n) is 10.0. The van der Waals surface area contributed by atoms with Crippen LogP contribution >= 0.6 is 0 Å².